The van der Waals surface area contributed by atoms with Gasteiger partial charge in [0.1, 0.15) is 28.5 Å². The van der Waals surface area contributed by atoms with Gasteiger partial charge in [-0.3, -0.25) is 4.79 Å². The maximum Gasteiger partial charge on any atom is 0.300 e. The quantitative estimate of drug-likeness (QED) is 0.462. The molecule has 0 radical (unpaired) electrons. The van der Waals surface area contributed by atoms with Crippen molar-refractivity contribution in [1.82, 2.24) is 0 Å². The summed E-state index contributed by atoms with van der Waals surface area (Å²) in [7, 11) is -1.94. The fraction of sp³-hybridized carbons (Fsp3) is 0.103. The van der Waals surface area contributed by atoms with Crippen molar-refractivity contribution >= 4 is 40.4 Å². The Kier molecular flexibility index (Phi) is 10.2. The van der Waals surface area contributed by atoms with Crippen molar-refractivity contribution in [2.75, 3.05) is 0 Å². The predicted molar refractivity (Wildman–Crippen MR) is 140 cm³/mol. The van der Waals surface area contributed by atoms with Crippen LogP contribution < -0.4 is 26.3 Å². The van der Waals surface area contributed by atoms with Gasteiger partial charge >= 0.3 is 0 Å². The molecule has 5 heteroatoms. The first-order chi connectivity index (χ1) is 16.3. The Morgan fingerprint density at radius 3 is 1.18 bits per heavy atom. The molecule has 0 amide bonds. The Hall–Kier alpha value is -3.75. The van der Waals surface area contributed by atoms with E-state index in [1.165, 1.54) is 26.8 Å². The standard InChI is InChI=1S/C25H22P.2C2H4O2/c1-21-13-11-12-20-25(21)26(22-14-5-2-6-15-22,23-16-7-3-8-17-23)24-18-9-4-10-19-24;2*1-2(3)4/h2-20H,1H3;2*1H3,(H,3,4)/q+1;;/p-1. The van der Waals surface area contributed by atoms with Crippen molar-refractivity contribution in [3.63, 3.8) is 0 Å². The predicted octanol–water partition coefficient (Wildman–Crippen LogP) is 3.46. The first kappa shape index (κ1) is 26.5. The lowest BCUT2D eigenvalue weighted by atomic mass is 10.2. The van der Waals surface area contributed by atoms with Crippen LogP contribution in [0.5, 0.6) is 0 Å². The van der Waals surface area contributed by atoms with Gasteiger partial charge in [0, 0.05) is 12.9 Å². The number of carboxylic acid groups (broad SMARTS) is 2. The fourth-order valence-electron chi connectivity index (χ4n) is 3.76. The van der Waals surface area contributed by atoms with Crippen molar-refractivity contribution in [1.29, 1.82) is 0 Å². The minimum Gasteiger partial charge on any atom is -0.550 e. The van der Waals surface area contributed by atoms with Gasteiger partial charge < -0.3 is 15.0 Å². The average Bonchev–Trinajstić information content (AvgIpc) is 2.82. The third-order valence-electron chi connectivity index (χ3n) is 4.91. The van der Waals surface area contributed by atoms with Crippen LogP contribution in [0.25, 0.3) is 0 Å². The van der Waals surface area contributed by atoms with Crippen LogP contribution in [-0.4, -0.2) is 17.0 Å². The Bertz CT molecular complexity index is 1060. The highest BCUT2D eigenvalue weighted by molar-refractivity contribution is 8.01. The molecule has 0 bridgehead atoms. The summed E-state index contributed by atoms with van der Waals surface area (Å²) in [6.45, 7) is 4.29. The number of benzene rings is 4. The largest absolute Gasteiger partial charge is 0.550 e. The number of carbonyl (C=O) groups excluding carboxylic acids is 1. The molecule has 4 nitrogen and oxygen atoms in total. The van der Waals surface area contributed by atoms with E-state index in [0.29, 0.717) is 0 Å². The Balaban J connectivity index is 0.000000446. The minimum absolute atomic E-state index is 0.833. The van der Waals surface area contributed by atoms with Gasteiger partial charge in [-0.25, -0.2) is 0 Å². The molecule has 0 aliphatic carbocycles. The Labute approximate surface area is 201 Å². The van der Waals surface area contributed by atoms with E-state index in [2.05, 4.69) is 122 Å². The molecule has 0 fully saturated rings. The average molecular weight is 473 g/mol. The van der Waals surface area contributed by atoms with E-state index in [0.717, 1.165) is 13.8 Å². The molecule has 0 atom stereocenters. The van der Waals surface area contributed by atoms with Gasteiger partial charge in [-0.05, 0) is 61.9 Å². The van der Waals surface area contributed by atoms with Crippen molar-refractivity contribution in [2.45, 2.75) is 20.8 Å². The van der Waals surface area contributed by atoms with Gasteiger partial charge in [0.2, 0.25) is 0 Å². The number of aryl methyl sites for hydroxylation is 1. The molecule has 1 N–H and O–H groups in total. The van der Waals surface area contributed by atoms with Crippen molar-refractivity contribution < 1.29 is 19.8 Å². The highest BCUT2D eigenvalue weighted by Crippen LogP contribution is 2.54. The lowest BCUT2D eigenvalue weighted by Gasteiger charge is -2.28. The monoisotopic (exact) mass is 472 g/mol. The molecule has 0 aliphatic rings. The molecule has 34 heavy (non-hydrogen) atoms. The van der Waals surface area contributed by atoms with Crippen LogP contribution in [0.3, 0.4) is 0 Å². The highest BCUT2D eigenvalue weighted by atomic mass is 31.2. The molecule has 4 aromatic carbocycles. The summed E-state index contributed by atoms with van der Waals surface area (Å²) in [4.78, 5) is 17.9. The lowest BCUT2D eigenvalue weighted by molar-refractivity contribution is -0.302. The number of hydrogen-bond acceptors (Lipinski definition) is 3. The SMILES string of the molecule is CC(=O)O.CC(=O)[O-].Cc1ccccc1[P+](c1ccccc1)(c1ccccc1)c1ccccc1. The highest BCUT2D eigenvalue weighted by Gasteiger charge is 2.48. The van der Waals surface area contributed by atoms with Crippen LogP contribution in [0.4, 0.5) is 0 Å². The third-order valence-corrected chi connectivity index (χ3v) is 9.35. The van der Waals surface area contributed by atoms with Gasteiger partial charge in [-0.15, -0.1) is 0 Å². The maximum atomic E-state index is 9.00. The molecule has 4 rings (SSSR count). The van der Waals surface area contributed by atoms with Crippen molar-refractivity contribution in [3.05, 3.63) is 121 Å². The maximum absolute atomic E-state index is 9.00. The van der Waals surface area contributed by atoms with Crippen LogP contribution in [-0.2, 0) is 9.59 Å². The van der Waals surface area contributed by atoms with Crippen LogP contribution in [0.2, 0.25) is 0 Å². The second-order valence-electron chi connectivity index (χ2n) is 7.47. The van der Waals surface area contributed by atoms with Gasteiger partial charge in [0.05, 0.1) is 0 Å². The van der Waals surface area contributed by atoms with Crippen LogP contribution in [0, 0.1) is 6.92 Å². The van der Waals surface area contributed by atoms with Gasteiger partial charge in [0.15, 0.2) is 0 Å². The van der Waals surface area contributed by atoms with E-state index >= 15 is 0 Å². The number of hydrogen-bond donors (Lipinski definition) is 1. The minimum atomic E-state index is -1.94. The Morgan fingerprint density at radius 2 is 0.882 bits per heavy atom. The lowest BCUT2D eigenvalue weighted by Crippen LogP contribution is -2.39. The van der Waals surface area contributed by atoms with Gasteiger partial charge in [-0.2, -0.15) is 0 Å². The first-order valence-electron chi connectivity index (χ1n) is 10.8. The number of aliphatic carboxylic acids is 2. The van der Waals surface area contributed by atoms with Crippen LogP contribution in [0.1, 0.15) is 19.4 Å². The van der Waals surface area contributed by atoms with E-state index in [4.69, 9.17) is 19.8 Å². The molecule has 0 unspecified atom stereocenters. The van der Waals surface area contributed by atoms with E-state index in [1.807, 2.05) is 0 Å². The van der Waals surface area contributed by atoms with Gasteiger partial charge in [0.25, 0.3) is 5.97 Å². The molecular weight excluding hydrogens is 443 g/mol. The summed E-state index contributed by atoms with van der Waals surface area (Å²) in [5, 5.41) is 21.9. The van der Waals surface area contributed by atoms with E-state index in [9.17, 15) is 0 Å². The van der Waals surface area contributed by atoms with Crippen LogP contribution in [0.15, 0.2) is 115 Å². The summed E-state index contributed by atoms with van der Waals surface area (Å²) >= 11 is 0. The summed E-state index contributed by atoms with van der Waals surface area (Å²) in [5.74, 6) is -1.92. The first-order valence-corrected chi connectivity index (χ1v) is 12.6. The third kappa shape index (κ3) is 6.87. The summed E-state index contributed by atoms with van der Waals surface area (Å²) in [5.41, 5.74) is 1.34. The molecule has 0 aliphatic heterocycles. The molecule has 174 valence electrons. The summed E-state index contributed by atoms with van der Waals surface area (Å²) < 4.78 is 0. The normalized spacial score (nSPS) is 10.1. The molecule has 4 aromatic rings. The molecule has 0 heterocycles. The second kappa shape index (κ2) is 13.1. The Morgan fingerprint density at radius 1 is 0.618 bits per heavy atom. The number of rotatable bonds is 4. The fourth-order valence-corrected chi connectivity index (χ4v) is 8.26. The summed E-state index contributed by atoms with van der Waals surface area (Å²) in [6.07, 6.45) is 0. The molecular formula is C29H29O4P. The van der Waals surface area contributed by atoms with Gasteiger partial charge in [-0.1, -0.05) is 72.8 Å². The zero-order chi connectivity index (χ0) is 25.0. The van der Waals surface area contributed by atoms with Crippen LogP contribution >= 0.6 is 7.26 Å². The topological polar surface area (TPSA) is 77.4 Å². The zero-order valence-corrected chi connectivity index (χ0v) is 20.5. The van der Waals surface area contributed by atoms with E-state index < -0.39 is 19.2 Å². The zero-order valence-electron chi connectivity index (χ0n) is 19.6. The summed E-state index contributed by atoms with van der Waals surface area (Å²) in [6, 6.07) is 41.9. The number of carboxylic acids is 2. The molecule has 0 saturated heterocycles. The molecule has 0 spiro atoms. The number of carbonyl (C=O) groups is 2. The van der Waals surface area contributed by atoms with Crippen molar-refractivity contribution in [2.24, 2.45) is 0 Å². The molecule has 0 aromatic heterocycles. The van der Waals surface area contributed by atoms with E-state index in [-0.39, 0.29) is 0 Å². The molecule has 0 saturated carbocycles. The van der Waals surface area contributed by atoms with E-state index in [1.54, 1.807) is 0 Å². The smallest absolute Gasteiger partial charge is 0.300 e. The second-order valence-corrected chi connectivity index (χ2v) is 10.8. The van der Waals surface area contributed by atoms with Crippen molar-refractivity contribution in [3.8, 4) is 0 Å².